The molecule has 2 aromatic rings. The quantitative estimate of drug-likeness (QED) is 0.930. The average molecular weight is 325 g/mol. The van der Waals surface area contributed by atoms with E-state index in [-0.39, 0.29) is 6.54 Å². The van der Waals surface area contributed by atoms with Crippen LogP contribution in [0, 0.1) is 0 Å². The monoisotopic (exact) mass is 325 g/mol. The fourth-order valence-corrected chi connectivity index (χ4v) is 2.72. The number of pyridine rings is 1. The maximum atomic E-state index is 11.7. The third-order valence-corrected chi connectivity index (χ3v) is 3.83. The number of nitrogens with one attached hydrogen (secondary N) is 1. The van der Waals surface area contributed by atoms with Gasteiger partial charge in [0.1, 0.15) is 5.60 Å². The SMILES string of the molecule is CC(C)(C)OC(=O)NCc1ccnc2c1ccn2S(C)(=O)=O. The molecule has 1 N–H and O–H groups in total. The van der Waals surface area contributed by atoms with Crippen LogP contribution in [0.5, 0.6) is 0 Å². The predicted octanol–water partition coefficient (Wildman–Crippen LogP) is 1.87. The van der Waals surface area contributed by atoms with E-state index in [9.17, 15) is 13.2 Å². The Kier molecular flexibility index (Phi) is 4.15. The van der Waals surface area contributed by atoms with Crippen molar-refractivity contribution in [2.75, 3.05) is 6.26 Å². The molecule has 8 heteroatoms. The van der Waals surface area contributed by atoms with E-state index >= 15 is 0 Å². The Morgan fingerprint density at radius 3 is 2.64 bits per heavy atom. The van der Waals surface area contributed by atoms with Crippen LogP contribution in [0.2, 0.25) is 0 Å². The summed E-state index contributed by atoms with van der Waals surface area (Å²) in [7, 11) is -3.42. The number of hydrogen-bond acceptors (Lipinski definition) is 5. The minimum absolute atomic E-state index is 0.224. The number of hydrogen-bond donors (Lipinski definition) is 1. The number of rotatable bonds is 3. The van der Waals surface area contributed by atoms with Crippen LogP contribution in [0.15, 0.2) is 24.5 Å². The Bertz CT molecular complexity index is 803. The van der Waals surface area contributed by atoms with Crippen molar-refractivity contribution in [3.05, 3.63) is 30.1 Å². The smallest absolute Gasteiger partial charge is 0.407 e. The fraction of sp³-hybridized carbons (Fsp3) is 0.429. The molecule has 2 aromatic heterocycles. The van der Waals surface area contributed by atoms with Crippen molar-refractivity contribution in [3.63, 3.8) is 0 Å². The van der Waals surface area contributed by atoms with Gasteiger partial charge in [0.2, 0.25) is 10.0 Å². The highest BCUT2D eigenvalue weighted by Gasteiger charge is 2.17. The normalized spacial score (nSPS) is 12.4. The number of carbonyl (C=O) groups is 1. The summed E-state index contributed by atoms with van der Waals surface area (Å²) in [6, 6.07) is 3.39. The zero-order chi connectivity index (χ0) is 16.5. The molecule has 22 heavy (non-hydrogen) atoms. The number of aromatic nitrogens is 2. The summed E-state index contributed by atoms with van der Waals surface area (Å²) in [6.45, 7) is 5.57. The van der Waals surface area contributed by atoms with Gasteiger partial charge in [-0.05, 0) is 38.5 Å². The van der Waals surface area contributed by atoms with Gasteiger partial charge in [0, 0.05) is 24.3 Å². The topological polar surface area (TPSA) is 90.3 Å². The Balaban J connectivity index is 2.23. The van der Waals surface area contributed by atoms with Crippen LogP contribution in [-0.2, 0) is 21.3 Å². The van der Waals surface area contributed by atoms with E-state index in [0.717, 1.165) is 15.8 Å². The van der Waals surface area contributed by atoms with Gasteiger partial charge in [-0.1, -0.05) is 0 Å². The van der Waals surface area contributed by atoms with Crippen molar-refractivity contribution in [3.8, 4) is 0 Å². The summed E-state index contributed by atoms with van der Waals surface area (Å²) in [5, 5.41) is 3.32. The summed E-state index contributed by atoms with van der Waals surface area (Å²) in [5.41, 5.74) is 0.529. The van der Waals surface area contributed by atoms with Crippen LogP contribution < -0.4 is 5.32 Å². The Labute approximate surface area is 129 Å². The molecule has 0 aliphatic rings. The van der Waals surface area contributed by atoms with Crippen LogP contribution >= 0.6 is 0 Å². The van der Waals surface area contributed by atoms with Gasteiger partial charge < -0.3 is 10.1 Å². The molecular formula is C14H19N3O4S. The van der Waals surface area contributed by atoms with Gasteiger partial charge in [-0.2, -0.15) is 0 Å². The highest BCUT2D eigenvalue weighted by Crippen LogP contribution is 2.19. The zero-order valence-corrected chi connectivity index (χ0v) is 13.8. The van der Waals surface area contributed by atoms with Crippen molar-refractivity contribution >= 4 is 27.1 Å². The van der Waals surface area contributed by atoms with Crippen LogP contribution in [0.4, 0.5) is 4.79 Å². The second kappa shape index (κ2) is 5.60. The molecule has 0 aromatic carbocycles. The summed E-state index contributed by atoms with van der Waals surface area (Å²) in [5.74, 6) is 0. The molecule has 0 saturated carbocycles. The molecule has 0 saturated heterocycles. The molecule has 2 heterocycles. The Morgan fingerprint density at radius 1 is 1.36 bits per heavy atom. The molecule has 2 rings (SSSR count). The zero-order valence-electron chi connectivity index (χ0n) is 13.0. The van der Waals surface area contributed by atoms with E-state index in [0.29, 0.717) is 11.0 Å². The number of alkyl carbamates (subject to hydrolysis) is 1. The average Bonchev–Trinajstić information content (AvgIpc) is 2.78. The first-order chi connectivity index (χ1) is 10.1. The number of amides is 1. The van der Waals surface area contributed by atoms with Gasteiger partial charge in [0.05, 0.1) is 6.26 Å². The van der Waals surface area contributed by atoms with E-state index in [1.165, 1.54) is 12.4 Å². The van der Waals surface area contributed by atoms with Gasteiger partial charge in [-0.3, -0.25) is 0 Å². The van der Waals surface area contributed by atoms with E-state index in [2.05, 4.69) is 10.3 Å². The van der Waals surface area contributed by atoms with Gasteiger partial charge in [0.15, 0.2) is 5.65 Å². The third kappa shape index (κ3) is 3.76. The number of carbonyl (C=O) groups excluding carboxylic acids is 1. The van der Waals surface area contributed by atoms with E-state index in [1.807, 2.05) is 0 Å². The van der Waals surface area contributed by atoms with Crippen LogP contribution in [0.1, 0.15) is 26.3 Å². The third-order valence-electron chi connectivity index (χ3n) is 2.82. The second-order valence-electron chi connectivity index (χ2n) is 5.94. The minimum Gasteiger partial charge on any atom is -0.444 e. The first-order valence-corrected chi connectivity index (χ1v) is 8.55. The molecule has 0 bridgehead atoms. The first kappa shape index (κ1) is 16.3. The molecule has 7 nitrogen and oxygen atoms in total. The molecule has 1 amide bonds. The first-order valence-electron chi connectivity index (χ1n) is 6.70. The van der Waals surface area contributed by atoms with Crippen molar-refractivity contribution < 1.29 is 17.9 Å². The number of nitrogens with zero attached hydrogens (tertiary/aromatic N) is 2. The maximum Gasteiger partial charge on any atom is 0.407 e. The van der Waals surface area contributed by atoms with Crippen molar-refractivity contribution in [2.45, 2.75) is 32.9 Å². The lowest BCUT2D eigenvalue weighted by atomic mass is 10.2. The van der Waals surface area contributed by atoms with Gasteiger partial charge in [0.25, 0.3) is 0 Å². The standard InChI is InChI=1S/C14H19N3O4S/c1-14(2,3)21-13(18)16-9-10-5-7-15-12-11(10)6-8-17(12)22(4,19)20/h5-8H,9H2,1-4H3,(H,16,18). The highest BCUT2D eigenvalue weighted by atomic mass is 32.2. The molecule has 0 aliphatic heterocycles. The number of ether oxygens (including phenoxy) is 1. The molecular weight excluding hydrogens is 306 g/mol. The summed E-state index contributed by atoms with van der Waals surface area (Å²) < 4.78 is 29.6. The maximum absolute atomic E-state index is 11.7. The summed E-state index contributed by atoms with van der Waals surface area (Å²) in [4.78, 5) is 15.8. The van der Waals surface area contributed by atoms with Gasteiger partial charge in [-0.15, -0.1) is 0 Å². The molecule has 0 spiro atoms. The molecule has 0 fully saturated rings. The van der Waals surface area contributed by atoms with Crippen LogP contribution in [0.3, 0.4) is 0 Å². The van der Waals surface area contributed by atoms with Crippen LogP contribution in [-0.4, -0.2) is 35.3 Å². The molecule has 0 atom stereocenters. The lowest BCUT2D eigenvalue weighted by molar-refractivity contribution is 0.0524. The molecule has 0 radical (unpaired) electrons. The molecule has 0 aliphatic carbocycles. The number of fused-ring (bicyclic) bond motifs is 1. The lowest BCUT2D eigenvalue weighted by Gasteiger charge is -2.19. The van der Waals surface area contributed by atoms with Crippen molar-refractivity contribution in [1.29, 1.82) is 0 Å². The lowest BCUT2D eigenvalue weighted by Crippen LogP contribution is -2.32. The van der Waals surface area contributed by atoms with Crippen LogP contribution in [0.25, 0.3) is 11.0 Å². The van der Waals surface area contributed by atoms with Crippen molar-refractivity contribution in [2.24, 2.45) is 0 Å². The predicted molar refractivity (Wildman–Crippen MR) is 83.0 cm³/mol. The summed E-state index contributed by atoms with van der Waals surface area (Å²) in [6.07, 6.45) is 3.54. The fourth-order valence-electron chi connectivity index (χ4n) is 1.97. The van der Waals surface area contributed by atoms with Gasteiger partial charge >= 0.3 is 6.09 Å². The van der Waals surface area contributed by atoms with Gasteiger partial charge in [-0.25, -0.2) is 22.2 Å². The highest BCUT2D eigenvalue weighted by molar-refractivity contribution is 7.89. The van der Waals surface area contributed by atoms with E-state index < -0.39 is 21.7 Å². The van der Waals surface area contributed by atoms with Crippen molar-refractivity contribution in [1.82, 2.24) is 14.3 Å². The Hall–Kier alpha value is -2.09. The summed E-state index contributed by atoms with van der Waals surface area (Å²) >= 11 is 0. The van der Waals surface area contributed by atoms with E-state index in [4.69, 9.17) is 4.74 Å². The molecule has 0 unspecified atom stereocenters. The minimum atomic E-state index is -3.42. The second-order valence-corrected chi connectivity index (χ2v) is 7.80. The molecule has 120 valence electrons. The largest absolute Gasteiger partial charge is 0.444 e. The van der Waals surface area contributed by atoms with E-state index in [1.54, 1.807) is 32.9 Å². The Morgan fingerprint density at radius 2 is 2.05 bits per heavy atom.